The normalized spacial score (nSPS) is 14.8. The van der Waals surface area contributed by atoms with E-state index in [0.29, 0.717) is 25.2 Å². The molecule has 2 amide bonds. The first-order valence-corrected chi connectivity index (χ1v) is 9.47. The van der Waals surface area contributed by atoms with Crippen molar-refractivity contribution in [2.75, 3.05) is 44.7 Å². The van der Waals surface area contributed by atoms with Gasteiger partial charge in [0.05, 0.1) is 23.7 Å². The Bertz CT molecular complexity index is 1070. The van der Waals surface area contributed by atoms with Crippen molar-refractivity contribution in [1.29, 1.82) is 0 Å². The summed E-state index contributed by atoms with van der Waals surface area (Å²) in [5, 5.41) is 2.57. The van der Waals surface area contributed by atoms with Gasteiger partial charge in [-0.3, -0.25) is 4.79 Å². The van der Waals surface area contributed by atoms with Gasteiger partial charge < -0.3 is 24.3 Å². The monoisotopic (exact) mass is 399 g/mol. The lowest BCUT2D eigenvalue weighted by atomic mass is 10.2. The van der Waals surface area contributed by atoms with Gasteiger partial charge in [-0.1, -0.05) is 0 Å². The number of esters is 1. The highest BCUT2D eigenvalue weighted by Crippen LogP contribution is 2.26. The predicted molar refractivity (Wildman–Crippen MR) is 106 cm³/mol. The number of nitrogens with zero attached hydrogens (tertiary/aromatic N) is 4. The molecular weight excluding hydrogens is 377 g/mol. The molecule has 0 atom stereocenters. The summed E-state index contributed by atoms with van der Waals surface area (Å²) in [6.07, 6.45) is 2.69. The minimum Gasteiger partial charge on any atom is -0.468 e. The number of aromatic nitrogens is 2. The van der Waals surface area contributed by atoms with Crippen molar-refractivity contribution in [1.82, 2.24) is 19.6 Å². The Kier molecular flexibility index (Phi) is 5.20. The Labute approximate surface area is 166 Å². The van der Waals surface area contributed by atoms with Crippen molar-refractivity contribution in [2.45, 2.75) is 6.42 Å². The lowest BCUT2D eigenvalue weighted by molar-refractivity contribution is -0.139. The Hall–Kier alpha value is -3.36. The fourth-order valence-electron chi connectivity index (χ4n) is 3.63. The molecule has 29 heavy (non-hydrogen) atoms. The van der Waals surface area contributed by atoms with Crippen molar-refractivity contribution in [3.63, 3.8) is 0 Å². The Morgan fingerprint density at radius 1 is 1.17 bits per heavy atom. The number of ether oxygens (including phenoxy) is 1. The number of carbonyl (C=O) groups is 2. The summed E-state index contributed by atoms with van der Waals surface area (Å²) < 4.78 is 20.3. The van der Waals surface area contributed by atoms with E-state index in [1.807, 2.05) is 22.7 Å². The van der Waals surface area contributed by atoms with Crippen molar-refractivity contribution >= 4 is 34.4 Å². The van der Waals surface area contributed by atoms with E-state index in [1.165, 1.54) is 19.2 Å². The molecule has 0 saturated carbocycles. The summed E-state index contributed by atoms with van der Waals surface area (Å²) >= 11 is 0. The highest BCUT2D eigenvalue weighted by molar-refractivity contribution is 5.85. The molecule has 1 aromatic carbocycles. The topological polar surface area (TPSA) is 79.2 Å². The maximum atomic E-state index is 13.7. The van der Waals surface area contributed by atoms with Crippen LogP contribution in [0.3, 0.4) is 0 Å². The minimum absolute atomic E-state index is 0.155. The van der Waals surface area contributed by atoms with Crippen molar-refractivity contribution in [3.05, 3.63) is 42.3 Å². The number of anilines is 1. The Morgan fingerprint density at radius 2 is 2.03 bits per heavy atom. The average Bonchev–Trinajstić information content (AvgIpc) is 3.08. The molecule has 0 radical (unpaired) electrons. The van der Waals surface area contributed by atoms with Crippen LogP contribution in [-0.4, -0.2) is 66.1 Å². The molecular formula is C20H22FN5O3. The summed E-state index contributed by atoms with van der Waals surface area (Å²) in [4.78, 5) is 32.1. The van der Waals surface area contributed by atoms with Gasteiger partial charge in [0.25, 0.3) is 0 Å². The predicted octanol–water partition coefficient (Wildman–Crippen LogP) is 2.02. The molecule has 1 aliphatic heterocycles. The first-order chi connectivity index (χ1) is 14.1. The largest absolute Gasteiger partial charge is 0.468 e. The van der Waals surface area contributed by atoms with Gasteiger partial charge in [-0.05, 0) is 30.7 Å². The lowest BCUT2D eigenvalue weighted by Gasteiger charge is -2.24. The molecule has 0 aliphatic carbocycles. The first kappa shape index (κ1) is 19.0. The fourth-order valence-corrected chi connectivity index (χ4v) is 3.63. The van der Waals surface area contributed by atoms with Gasteiger partial charge in [-0.25, -0.2) is 14.2 Å². The number of carbonyl (C=O) groups excluding carboxylic acids is 2. The number of fused-ring (bicyclic) bond motifs is 3. The standard InChI is InChI=1S/C20H22FN5O3/c1-29-18(27)13-22-20(28)25-8-3-7-24(10-11-25)19-17-4-2-9-26(17)16-6-5-14(21)12-15(16)23-19/h2,4-6,9,12H,3,7-8,10-11,13H2,1H3,(H,22,28). The SMILES string of the molecule is COC(=O)CNC(=O)N1CCCN(c2nc3cc(F)ccc3n3cccc23)CC1. The number of nitrogens with one attached hydrogen (secondary N) is 1. The summed E-state index contributed by atoms with van der Waals surface area (Å²) in [6.45, 7) is 2.21. The average molecular weight is 399 g/mol. The third kappa shape index (κ3) is 3.80. The molecule has 1 N–H and O–H groups in total. The fraction of sp³-hybridized carbons (Fsp3) is 0.350. The van der Waals surface area contributed by atoms with Crippen molar-refractivity contribution in [3.8, 4) is 0 Å². The molecule has 3 heterocycles. The minimum atomic E-state index is -0.488. The zero-order valence-electron chi connectivity index (χ0n) is 16.1. The molecule has 3 aromatic rings. The van der Waals surface area contributed by atoms with Gasteiger partial charge in [0.15, 0.2) is 5.82 Å². The zero-order valence-corrected chi connectivity index (χ0v) is 16.1. The third-order valence-electron chi connectivity index (χ3n) is 5.10. The van der Waals surface area contributed by atoms with Gasteiger partial charge in [-0.2, -0.15) is 0 Å². The van der Waals surface area contributed by atoms with Gasteiger partial charge in [0.1, 0.15) is 12.4 Å². The molecule has 1 saturated heterocycles. The van der Waals surface area contributed by atoms with E-state index >= 15 is 0 Å². The van der Waals surface area contributed by atoms with Gasteiger partial charge in [0.2, 0.25) is 0 Å². The second-order valence-corrected chi connectivity index (χ2v) is 6.89. The number of amides is 2. The number of benzene rings is 1. The summed E-state index contributed by atoms with van der Waals surface area (Å²) in [5.41, 5.74) is 2.36. The van der Waals surface area contributed by atoms with Crippen LogP contribution >= 0.6 is 0 Å². The van der Waals surface area contributed by atoms with Gasteiger partial charge in [0, 0.05) is 38.4 Å². The van der Waals surface area contributed by atoms with Crippen LogP contribution < -0.4 is 10.2 Å². The van der Waals surface area contributed by atoms with E-state index in [9.17, 15) is 14.0 Å². The van der Waals surface area contributed by atoms with Crippen LogP contribution in [-0.2, 0) is 9.53 Å². The van der Waals surface area contributed by atoms with Crippen molar-refractivity contribution < 1.29 is 18.7 Å². The smallest absolute Gasteiger partial charge is 0.325 e. The summed E-state index contributed by atoms with van der Waals surface area (Å²) in [7, 11) is 1.28. The quantitative estimate of drug-likeness (QED) is 0.682. The lowest BCUT2D eigenvalue weighted by Crippen LogP contribution is -2.44. The maximum absolute atomic E-state index is 13.7. The third-order valence-corrected chi connectivity index (χ3v) is 5.10. The molecule has 9 heteroatoms. The summed E-state index contributed by atoms with van der Waals surface area (Å²) in [5.74, 6) is -0.0466. The Morgan fingerprint density at radius 3 is 2.86 bits per heavy atom. The van der Waals surface area contributed by atoms with E-state index in [0.717, 1.165) is 29.8 Å². The van der Waals surface area contributed by atoms with Crippen molar-refractivity contribution in [2.24, 2.45) is 0 Å². The number of hydrogen-bond acceptors (Lipinski definition) is 5. The molecule has 1 aliphatic rings. The van der Waals surface area contributed by atoms with Crippen LogP contribution in [0.25, 0.3) is 16.6 Å². The van der Waals surface area contributed by atoms with Crippen LogP contribution in [0.2, 0.25) is 0 Å². The van der Waals surface area contributed by atoms with E-state index in [1.54, 1.807) is 11.0 Å². The first-order valence-electron chi connectivity index (χ1n) is 9.47. The van der Waals surface area contributed by atoms with E-state index in [2.05, 4.69) is 15.0 Å². The number of halogens is 1. The molecule has 8 nitrogen and oxygen atoms in total. The van der Waals surface area contributed by atoms with Crippen LogP contribution in [0, 0.1) is 5.82 Å². The van der Waals surface area contributed by atoms with Gasteiger partial charge in [-0.15, -0.1) is 0 Å². The van der Waals surface area contributed by atoms with Crippen LogP contribution in [0.15, 0.2) is 36.5 Å². The van der Waals surface area contributed by atoms with Crippen LogP contribution in [0.4, 0.5) is 15.0 Å². The highest BCUT2D eigenvalue weighted by Gasteiger charge is 2.22. The molecule has 0 unspecified atom stereocenters. The zero-order chi connectivity index (χ0) is 20.4. The van der Waals surface area contributed by atoms with E-state index in [-0.39, 0.29) is 18.4 Å². The molecule has 152 valence electrons. The Balaban J connectivity index is 1.56. The second kappa shape index (κ2) is 7.94. The highest BCUT2D eigenvalue weighted by atomic mass is 19.1. The molecule has 2 aromatic heterocycles. The second-order valence-electron chi connectivity index (χ2n) is 6.89. The number of rotatable bonds is 3. The van der Waals surface area contributed by atoms with E-state index < -0.39 is 5.97 Å². The van der Waals surface area contributed by atoms with Crippen LogP contribution in [0.5, 0.6) is 0 Å². The molecule has 1 fully saturated rings. The molecule has 0 spiro atoms. The summed E-state index contributed by atoms with van der Waals surface area (Å²) in [6, 6.07) is 8.22. The number of methoxy groups -OCH3 is 1. The maximum Gasteiger partial charge on any atom is 0.325 e. The molecule has 4 rings (SSSR count). The van der Waals surface area contributed by atoms with Gasteiger partial charge >= 0.3 is 12.0 Å². The number of urea groups is 1. The number of hydrogen-bond donors (Lipinski definition) is 1. The van der Waals surface area contributed by atoms with Crippen LogP contribution in [0.1, 0.15) is 6.42 Å². The van der Waals surface area contributed by atoms with E-state index in [4.69, 9.17) is 4.98 Å². The molecule has 0 bridgehead atoms.